The lowest BCUT2D eigenvalue weighted by molar-refractivity contribution is -0.127. The maximum Gasteiger partial charge on any atom is 0.328 e. The van der Waals surface area contributed by atoms with Gasteiger partial charge in [0.15, 0.2) is 0 Å². The number of amides is 3. The SMILES string of the molecule is CCc1ccc(NC(=O)CN2C(=O)S/C(=C/c3ccc4c(c3)n(C)c(=O)n4C)C2=O)cc1. The predicted octanol–water partition coefficient (Wildman–Crippen LogP) is 3.11. The van der Waals surface area contributed by atoms with Gasteiger partial charge in [-0.15, -0.1) is 0 Å². The Labute approximate surface area is 188 Å². The molecule has 32 heavy (non-hydrogen) atoms. The summed E-state index contributed by atoms with van der Waals surface area (Å²) < 4.78 is 3.07. The minimum atomic E-state index is -0.515. The van der Waals surface area contributed by atoms with Crippen LogP contribution in [0.1, 0.15) is 18.1 Å². The zero-order valence-corrected chi connectivity index (χ0v) is 18.7. The molecule has 0 atom stereocenters. The largest absolute Gasteiger partial charge is 0.328 e. The normalized spacial score (nSPS) is 15.2. The first-order valence-corrected chi connectivity index (χ1v) is 10.9. The summed E-state index contributed by atoms with van der Waals surface area (Å²) in [4.78, 5) is 50.8. The van der Waals surface area contributed by atoms with E-state index >= 15 is 0 Å². The van der Waals surface area contributed by atoms with Crippen LogP contribution in [0.2, 0.25) is 0 Å². The number of hydrogen-bond donors (Lipinski definition) is 1. The van der Waals surface area contributed by atoms with Crippen molar-refractivity contribution in [3.05, 3.63) is 69.0 Å². The van der Waals surface area contributed by atoms with Crippen molar-refractivity contribution < 1.29 is 14.4 Å². The predicted molar refractivity (Wildman–Crippen MR) is 125 cm³/mol. The van der Waals surface area contributed by atoms with Crippen molar-refractivity contribution >= 4 is 51.6 Å². The first-order valence-electron chi connectivity index (χ1n) is 10.1. The van der Waals surface area contributed by atoms with Crippen LogP contribution in [0, 0.1) is 0 Å². The lowest BCUT2D eigenvalue weighted by Gasteiger charge is -2.12. The first-order chi connectivity index (χ1) is 15.3. The maximum absolute atomic E-state index is 12.8. The molecule has 0 spiro atoms. The number of aromatic nitrogens is 2. The van der Waals surface area contributed by atoms with Gasteiger partial charge in [0.2, 0.25) is 5.91 Å². The molecule has 1 saturated heterocycles. The topological polar surface area (TPSA) is 93.4 Å². The van der Waals surface area contributed by atoms with Gasteiger partial charge in [-0.05, 0) is 59.7 Å². The number of carbonyl (C=O) groups excluding carboxylic acids is 3. The zero-order chi connectivity index (χ0) is 23.0. The van der Waals surface area contributed by atoms with E-state index in [2.05, 4.69) is 5.32 Å². The molecule has 3 aromatic rings. The molecule has 4 rings (SSSR count). The van der Waals surface area contributed by atoms with Gasteiger partial charge in [-0.25, -0.2) is 4.79 Å². The highest BCUT2D eigenvalue weighted by Crippen LogP contribution is 2.32. The van der Waals surface area contributed by atoms with Gasteiger partial charge in [0.05, 0.1) is 15.9 Å². The van der Waals surface area contributed by atoms with Gasteiger partial charge in [-0.1, -0.05) is 25.1 Å². The minimum absolute atomic E-state index is 0.146. The van der Waals surface area contributed by atoms with E-state index in [9.17, 15) is 19.2 Å². The highest BCUT2D eigenvalue weighted by Gasteiger charge is 2.36. The van der Waals surface area contributed by atoms with E-state index in [4.69, 9.17) is 0 Å². The van der Waals surface area contributed by atoms with E-state index in [1.165, 1.54) is 4.57 Å². The van der Waals surface area contributed by atoms with Crippen molar-refractivity contribution in [2.45, 2.75) is 13.3 Å². The molecule has 0 radical (unpaired) electrons. The molecule has 3 amide bonds. The first kappa shape index (κ1) is 21.6. The summed E-state index contributed by atoms with van der Waals surface area (Å²) >= 11 is 0.793. The van der Waals surface area contributed by atoms with Crippen molar-refractivity contribution in [2.75, 3.05) is 11.9 Å². The van der Waals surface area contributed by atoms with Gasteiger partial charge in [0.1, 0.15) is 6.54 Å². The Bertz CT molecular complexity index is 1330. The van der Waals surface area contributed by atoms with Crippen LogP contribution in [0.25, 0.3) is 17.1 Å². The summed E-state index contributed by atoms with van der Waals surface area (Å²) in [7, 11) is 3.37. The van der Waals surface area contributed by atoms with Crippen LogP contribution in [-0.4, -0.2) is 37.6 Å². The maximum atomic E-state index is 12.8. The Morgan fingerprint density at radius 2 is 1.69 bits per heavy atom. The van der Waals surface area contributed by atoms with Gasteiger partial charge in [0.25, 0.3) is 11.1 Å². The van der Waals surface area contributed by atoms with Crippen LogP contribution in [0.15, 0.2) is 52.2 Å². The molecule has 9 heteroatoms. The average molecular weight is 451 g/mol. The molecule has 1 N–H and O–H groups in total. The molecule has 0 unspecified atom stereocenters. The summed E-state index contributed by atoms with van der Waals surface area (Å²) in [5, 5.41) is 2.22. The number of aryl methyl sites for hydroxylation is 3. The monoisotopic (exact) mass is 450 g/mol. The molecule has 164 valence electrons. The molecule has 0 bridgehead atoms. The van der Waals surface area contributed by atoms with E-state index in [0.29, 0.717) is 11.3 Å². The summed E-state index contributed by atoms with van der Waals surface area (Å²) in [5.74, 6) is -0.961. The smallest absolute Gasteiger partial charge is 0.325 e. The van der Waals surface area contributed by atoms with Crippen LogP contribution in [0.5, 0.6) is 0 Å². The lowest BCUT2D eigenvalue weighted by atomic mass is 10.1. The van der Waals surface area contributed by atoms with E-state index in [1.807, 2.05) is 19.1 Å². The molecule has 0 saturated carbocycles. The van der Waals surface area contributed by atoms with E-state index < -0.39 is 17.1 Å². The third-order valence-electron chi connectivity index (χ3n) is 5.42. The number of nitrogens with one attached hydrogen (secondary N) is 1. The van der Waals surface area contributed by atoms with Gasteiger partial charge in [-0.3, -0.25) is 28.4 Å². The van der Waals surface area contributed by atoms with Crippen LogP contribution in [0.4, 0.5) is 10.5 Å². The average Bonchev–Trinajstić information content (AvgIpc) is 3.16. The fourth-order valence-corrected chi connectivity index (χ4v) is 4.41. The Hall–Kier alpha value is -3.59. The molecule has 2 aromatic carbocycles. The van der Waals surface area contributed by atoms with Crippen LogP contribution in [-0.2, 0) is 30.1 Å². The Morgan fingerprint density at radius 3 is 2.38 bits per heavy atom. The highest BCUT2D eigenvalue weighted by molar-refractivity contribution is 8.18. The number of rotatable bonds is 5. The zero-order valence-electron chi connectivity index (χ0n) is 17.9. The van der Waals surface area contributed by atoms with Gasteiger partial charge < -0.3 is 5.32 Å². The Morgan fingerprint density at radius 1 is 1.00 bits per heavy atom. The van der Waals surface area contributed by atoms with Gasteiger partial charge >= 0.3 is 5.69 Å². The second-order valence-electron chi connectivity index (χ2n) is 7.52. The number of hydrogen-bond acceptors (Lipinski definition) is 5. The number of imide groups is 1. The van der Waals surface area contributed by atoms with E-state index in [0.717, 1.165) is 39.7 Å². The van der Waals surface area contributed by atoms with Crippen molar-refractivity contribution in [3.8, 4) is 0 Å². The summed E-state index contributed by atoms with van der Waals surface area (Å²) in [6, 6.07) is 12.8. The summed E-state index contributed by atoms with van der Waals surface area (Å²) in [6.07, 6.45) is 2.49. The van der Waals surface area contributed by atoms with Gasteiger partial charge in [0, 0.05) is 19.8 Å². The molecule has 1 aliphatic rings. The van der Waals surface area contributed by atoms with Crippen molar-refractivity contribution in [3.63, 3.8) is 0 Å². The Balaban J connectivity index is 1.50. The molecule has 2 heterocycles. The summed E-state index contributed by atoms with van der Waals surface area (Å²) in [6.45, 7) is 1.68. The Kier molecular flexibility index (Phi) is 5.75. The summed E-state index contributed by atoms with van der Waals surface area (Å²) in [5.41, 5.74) is 3.78. The van der Waals surface area contributed by atoms with Crippen molar-refractivity contribution in [1.82, 2.24) is 14.0 Å². The van der Waals surface area contributed by atoms with Crippen molar-refractivity contribution in [1.29, 1.82) is 0 Å². The van der Waals surface area contributed by atoms with E-state index in [1.54, 1.807) is 55.1 Å². The minimum Gasteiger partial charge on any atom is -0.325 e. The van der Waals surface area contributed by atoms with Crippen LogP contribution < -0.4 is 11.0 Å². The third-order valence-corrected chi connectivity index (χ3v) is 6.32. The van der Waals surface area contributed by atoms with Crippen LogP contribution >= 0.6 is 11.8 Å². The highest BCUT2D eigenvalue weighted by atomic mass is 32.2. The molecular formula is C23H22N4O4S. The third kappa shape index (κ3) is 3.99. The lowest BCUT2D eigenvalue weighted by Crippen LogP contribution is -2.36. The molecular weight excluding hydrogens is 428 g/mol. The quantitative estimate of drug-likeness (QED) is 0.603. The molecule has 1 fully saturated rings. The molecule has 1 aliphatic heterocycles. The molecule has 0 aliphatic carbocycles. The fourth-order valence-electron chi connectivity index (χ4n) is 3.57. The second-order valence-corrected chi connectivity index (χ2v) is 8.51. The number of fused-ring (bicyclic) bond motifs is 1. The number of carbonyl (C=O) groups is 3. The molecule has 1 aromatic heterocycles. The number of anilines is 1. The second kappa shape index (κ2) is 8.51. The van der Waals surface area contributed by atoms with Gasteiger partial charge in [-0.2, -0.15) is 0 Å². The van der Waals surface area contributed by atoms with Crippen LogP contribution in [0.3, 0.4) is 0 Å². The molecule has 8 nitrogen and oxygen atoms in total. The number of nitrogens with zero attached hydrogens (tertiary/aromatic N) is 3. The van der Waals surface area contributed by atoms with Crippen molar-refractivity contribution in [2.24, 2.45) is 14.1 Å². The standard InChI is InChI=1S/C23H22N4O4S/c1-4-14-5-8-16(9-6-14)24-20(28)13-27-21(29)19(32-23(27)31)12-15-7-10-17-18(11-15)26(3)22(30)25(17)2/h5-12H,4,13H2,1-3H3,(H,24,28)/b19-12+. The number of imidazole rings is 1. The number of benzene rings is 2. The fraction of sp³-hybridized carbons (Fsp3) is 0.217. The number of thioether (sulfide) groups is 1. The van der Waals surface area contributed by atoms with E-state index in [-0.39, 0.29) is 17.1 Å².